The summed E-state index contributed by atoms with van der Waals surface area (Å²) in [5.74, 6) is -0.106. The summed E-state index contributed by atoms with van der Waals surface area (Å²) in [6.07, 6.45) is -0.0641. The maximum absolute atomic E-state index is 12.3. The molecule has 1 fully saturated rings. The zero-order valence-electron chi connectivity index (χ0n) is 17.6. The number of hydrogen-bond donors (Lipinski definition) is 1. The normalized spacial score (nSPS) is 15.2. The molecule has 31 heavy (non-hydrogen) atoms. The maximum atomic E-state index is 12.3. The fourth-order valence-electron chi connectivity index (χ4n) is 4.07. The van der Waals surface area contributed by atoms with Crippen molar-refractivity contribution in [1.29, 1.82) is 0 Å². The number of aromatic carboxylic acids is 1. The summed E-state index contributed by atoms with van der Waals surface area (Å²) < 4.78 is 12.7. The first-order valence-electron chi connectivity index (χ1n) is 10.3. The molecular weight excluding hydrogens is 410 g/mol. The Morgan fingerprint density at radius 1 is 1.23 bits per heavy atom. The molecule has 3 heterocycles. The van der Waals surface area contributed by atoms with Crippen molar-refractivity contribution in [3.63, 3.8) is 0 Å². The van der Waals surface area contributed by atoms with E-state index in [0.29, 0.717) is 41.5 Å². The molecule has 1 atom stereocenters. The highest BCUT2D eigenvalue weighted by Gasteiger charge is 2.28. The highest BCUT2D eigenvalue weighted by molar-refractivity contribution is 7.22. The molecule has 6 heteroatoms. The lowest BCUT2D eigenvalue weighted by Gasteiger charge is -2.32. The Labute approximate surface area is 184 Å². The van der Waals surface area contributed by atoms with Crippen LogP contribution in [0.5, 0.6) is 5.75 Å². The number of carbonyl (C=O) groups is 1. The molecule has 5 rings (SSSR count). The number of rotatable bonds is 5. The van der Waals surface area contributed by atoms with E-state index in [1.54, 1.807) is 17.4 Å². The number of fused-ring (bicyclic) bond motifs is 2. The van der Waals surface area contributed by atoms with Gasteiger partial charge in [0.15, 0.2) is 0 Å². The molecule has 1 aliphatic heterocycles. The number of benzene rings is 2. The summed E-state index contributed by atoms with van der Waals surface area (Å²) in [4.78, 5) is 18.2. The van der Waals surface area contributed by atoms with Crippen molar-refractivity contribution in [3.05, 3.63) is 59.2 Å². The summed E-state index contributed by atoms with van der Waals surface area (Å²) in [6, 6.07) is 13.7. The Morgan fingerprint density at radius 2 is 2.00 bits per heavy atom. The van der Waals surface area contributed by atoms with Crippen LogP contribution in [0.4, 0.5) is 0 Å². The third-order valence-corrected chi connectivity index (χ3v) is 7.37. The molecule has 2 aromatic carbocycles. The molecule has 0 amide bonds. The van der Waals surface area contributed by atoms with Crippen LogP contribution >= 0.6 is 11.3 Å². The quantitative estimate of drug-likeness (QED) is 0.428. The number of thiophene rings is 1. The summed E-state index contributed by atoms with van der Waals surface area (Å²) in [6.45, 7) is 7.36. The number of nitrogens with zero attached hydrogens (tertiary/aromatic N) is 1. The fourth-order valence-corrected chi connectivity index (χ4v) is 5.24. The Morgan fingerprint density at radius 3 is 2.68 bits per heavy atom. The molecule has 1 aliphatic rings. The summed E-state index contributed by atoms with van der Waals surface area (Å²) in [5.41, 5.74) is 3.61. The van der Waals surface area contributed by atoms with Gasteiger partial charge in [0.1, 0.15) is 11.9 Å². The minimum Gasteiger partial charge on any atom is -0.490 e. The first-order chi connectivity index (χ1) is 14.9. The molecule has 0 aliphatic carbocycles. The third kappa shape index (κ3) is 3.36. The van der Waals surface area contributed by atoms with Gasteiger partial charge in [-0.25, -0.2) is 9.78 Å². The topological polar surface area (TPSA) is 68.7 Å². The van der Waals surface area contributed by atoms with Gasteiger partial charge in [0, 0.05) is 10.6 Å². The lowest BCUT2D eigenvalue weighted by molar-refractivity contribution is -0.0774. The second-order valence-corrected chi connectivity index (χ2v) is 9.19. The largest absolute Gasteiger partial charge is 0.490 e. The first kappa shape index (κ1) is 20.0. The average molecular weight is 434 g/mol. The first-order valence-corrected chi connectivity index (χ1v) is 11.2. The van der Waals surface area contributed by atoms with Crippen molar-refractivity contribution in [2.45, 2.75) is 26.9 Å². The second-order valence-electron chi connectivity index (χ2n) is 8.14. The minimum atomic E-state index is -0.984. The number of pyridine rings is 1. The van der Waals surface area contributed by atoms with Crippen molar-refractivity contribution in [2.24, 2.45) is 5.92 Å². The Hall–Kier alpha value is -2.96. The summed E-state index contributed by atoms with van der Waals surface area (Å²) in [5, 5.41) is 11.8. The second kappa shape index (κ2) is 7.62. The third-order valence-electron chi connectivity index (χ3n) is 6.07. The highest BCUT2D eigenvalue weighted by atomic mass is 32.1. The molecular formula is C25H23NO4S. The van der Waals surface area contributed by atoms with Gasteiger partial charge in [-0.15, -0.1) is 11.3 Å². The van der Waals surface area contributed by atoms with Gasteiger partial charge in [-0.1, -0.05) is 24.3 Å². The number of aromatic nitrogens is 1. The van der Waals surface area contributed by atoms with Gasteiger partial charge in [-0.3, -0.25) is 0 Å². The monoisotopic (exact) mass is 433 g/mol. The van der Waals surface area contributed by atoms with Gasteiger partial charge in [0.05, 0.1) is 40.3 Å². The van der Waals surface area contributed by atoms with Crippen LogP contribution in [-0.2, 0) is 4.74 Å². The van der Waals surface area contributed by atoms with Crippen molar-refractivity contribution in [3.8, 4) is 16.3 Å². The van der Waals surface area contributed by atoms with Crippen LogP contribution in [0, 0.1) is 19.8 Å². The maximum Gasteiger partial charge on any atom is 0.336 e. The number of aryl methyl sites for hydroxylation is 2. The van der Waals surface area contributed by atoms with Gasteiger partial charge in [0.2, 0.25) is 0 Å². The molecule has 0 unspecified atom stereocenters. The van der Waals surface area contributed by atoms with Crippen molar-refractivity contribution >= 4 is 38.3 Å². The van der Waals surface area contributed by atoms with E-state index in [2.05, 4.69) is 19.1 Å². The highest BCUT2D eigenvalue weighted by Crippen LogP contribution is 2.40. The minimum absolute atomic E-state index is 0.0641. The lowest BCUT2D eigenvalue weighted by atomic mass is 10.0. The zero-order chi connectivity index (χ0) is 21.7. The summed E-state index contributed by atoms with van der Waals surface area (Å²) in [7, 11) is 0. The standard InChI is InChI=1S/C25H23NO4S/c1-13-8-9-20(30-15(3)16-11-29-12-16)22-18(25(27)28)10-19(26-23(13)22)24-14(2)17-6-4-5-7-21(17)31-24/h4-10,15-16H,11-12H2,1-3H3,(H,27,28)/t15-/m1/s1. The number of hydrogen-bond acceptors (Lipinski definition) is 5. The van der Waals surface area contributed by atoms with E-state index >= 15 is 0 Å². The van der Waals surface area contributed by atoms with E-state index < -0.39 is 5.97 Å². The van der Waals surface area contributed by atoms with Crippen LogP contribution in [0.2, 0.25) is 0 Å². The molecule has 1 N–H and O–H groups in total. The van der Waals surface area contributed by atoms with Crippen LogP contribution in [0.25, 0.3) is 31.6 Å². The van der Waals surface area contributed by atoms with Gasteiger partial charge in [0.25, 0.3) is 0 Å². The smallest absolute Gasteiger partial charge is 0.336 e. The van der Waals surface area contributed by atoms with Crippen LogP contribution in [0.15, 0.2) is 42.5 Å². The van der Waals surface area contributed by atoms with Crippen LogP contribution in [0.1, 0.15) is 28.4 Å². The fraction of sp³-hybridized carbons (Fsp3) is 0.280. The average Bonchev–Trinajstić information content (AvgIpc) is 3.05. The molecule has 5 nitrogen and oxygen atoms in total. The number of carboxylic acid groups (broad SMARTS) is 1. The van der Waals surface area contributed by atoms with Crippen molar-refractivity contribution in [1.82, 2.24) is 4.98 Å². The predicted molar refractivity (Wildman–Crippen MR) is 123 cm³/mol. The van der Waals surface area contributed by atoms with Crippen molar-refractivity contribution < 1.29 is 19.4 Å². The van der Waals surface area contributed by atoms with Gasteiger partial charge in [-0.05, 0) is 55.5 Å². The van der Waals surface area contributed by atoms with E-state index in [1.807, 2.05) is 38.1 Å². The SMILES string of the molecule is Cc1c(-c2cc(C(=O)O)c3c(O[C@H](C)C4COC4)ccc(C)c3n2)sc2ccccc12. The van der Waals surface area contributed by atoms with Crippen LogP contribution < -0.4 is 4.74 Å². The van der Waals surface area contributed by atoms with Gasteiger partial charge in [-0.2, -0.15) is 0 Å². The molecule has 0 saturated carbocycles. The predicted octanol–water partition coefficient (Wildman–Crippen LogP) is 5.85. The van der Waals surface area contributed by atoms with Crippen LogP contribution in [-0.4, -0.2) is 35.4 Å². The van der Waals surface area contributed by atoms with E-state index in [0.717, 1.165) is 16.0 Å². The molecule has 158 valence electrons. The van der Waals surface area contributed by atoms with Gasteiger partial charge >= 0.3 is 5.97 Å². The Kier molecular flexibility index (Phi) is 4.91. The van der Waals surface area contributed by atoms with Gasteiger partial charge < -0.3 is 14.6 Å². The Bertz CT molecular complexity index is 1320. The van der Waals surface area contributed by atoms with Crippen molar-refractivity contribution in [2.75, 3.05) is 13.2 Å². The zero-order valence-corrected chi connectivity index (χ0v) is 18.5. The molecule has 0 radical (unpaired) electrons. The van der Waals surface area contributed by atoms with E-state index in [9.17, 15) is 9.90 Å². The van der Waals surface area contributed by atoms with Crippen LogP contribution in [0.3, 0.4) is 0 Å². The molecule has 2 aromatic heterocycles. The summed E-state index contributed by atoms with van der Waals surface area (Å²) >= 11 is 1.64. The number of ether oxygens (including phenoxy) is 2. The number of carboxylic acids is 1. The molecule has 1 saturated heterocycles. The van der Waals surface area contributed by atoms with E-state index in [4.69, 9.17) is 14.5 Å². The van der Waals surface area contributed by atoms with E-state index in [-0.39, 0.29) is 11.7 Å². The Balaban J connectivity index is 1.71. The van der Waals surface area contributed by atoms with E-state index in [1.165, 1.54) is 10.1 Å². The molecule has 4 aromatic rings. The lowest BCUT2D eigenvalue weighted by Crippen LogP contribution is -2.39. The molecule has 0 bridgehead atoms. The molecule has 0 spiro atoms.